The van der Waals surface area contributed by atoms with Crippen molar-refractivity contribution in [3.8, 4) is 11.3 Å². The molecule has 0 unspecified atom stereocenters. The van der Waals surface area contributed by atoms with E-state index in [4.69, 9.17) is 9.97 Å². The van der Waals surface area contributed by atoms with Crippen LogP contribution in [0.3, 0.4) is 0 Å². The number of hydrogen-bond donors (Lipinski definition) is 0. The first-order valence-corrected chi connectivity index (χ1v) is 10.2. The Hall–Kier alpha value is -2.95. The number of benzene rings is 1. The van der Waals surface area contributed by atoms with Gasteiger partial charge in [0.25, 0.3) is 0 Å². The predicted molar refractivity (Wildman–Crippen MR) is 113 cm³/mol. The fourth-order valence-electron chi connectivity index (χ4n) is 4.27. The molecule has 1 fully saturated rings. The molecule has 5 heteroatoms. The molecule has 1 saturated heterocycles. The lowest BCUT2D eigenvalue weighted by Gasteiger charge is -2.28. The predicted octanol–water partition coefficient (Wildman–Crippen LogP) is 4.53. The van der Waals surface area contributed by atoms with E-state index in [-0.39, 0.29) is 0 Å². The molecule has 0 spiro atoms. The van der Waals surface area contributed by atoms with Crippen LogP contribution in [0, 0.1) is 6.92 Å². The highest BCUT2D eigenvalue weighted by atomic mass is 15.3. The van der Waals surface area contributed by atoms with Crippen LogP contribution < -0.4 is 9.80 Å². The van der Waals surface area contributed by atoms with E-state index in [1.807, 2.05) is 18.5 Å². The summed E-state index contributed by atoms with van der Waals surface area (Å²) >= 11 is 0. The van der Waals surface area contributed by atoms with Crippen LogP contribution in [0.4, 0.5) is 17.5 Å². The molecular formula is C23H25N5. The lowest BCUT2D eigenvalue weighted by Crippen LogP contribution is -2.31. The molecule has 4 heterocycles. The van der Waals surface area contributed by atoms with Gasteiger partial charge in [0.2, 0.25) is 5.95 Å². The van der Waals surface area contributed by atoms with Crippen molar-refractivity contribution in [1.29, 1.82) is 0 Å². The monoisotopic (exact) mass is 371 g/mol. The zero-order valence-electron chi connectivity index (χ0n) is 16.3. The standard InChI is InChI=1S/C23H25N5/c1-17-7-5-8-18(15-17)21-20-10-14-28(19-9-6-11-24-16-19)22(20)26-23(25-21)27-12-3-2-4-13-27/h5-9,11,15-16H,2-4,10,12-14H2,1H3. The summed E-state index contributed by atoms with van der Waals surface area (Å²) in [5.41, 5.74) is 5.87. The SMILES string of the molecule is Cc1cccc(-c2nc(N3CCCCC3)nc3c2CCN3c2cccnc2)c1. The van der Waals surface area contributed by atoms with Crippen molar-refractivity contribution in [3.05, 3.63) is 59.9 Å². The number of anilines is 3. The van der Waals surface area contributed by atoms with E-state index in [0.717, 1.165) is 49.2 Å². The van der Waals surface area contributed by atoms with E-state index in [0.29, 0.717) is 0 Å². The van der Waals surface area contributed by atoms with Crippen molar-refractivity contribution in [3.63, 3.8) is 0 Å². The Kier molecular flexibility index (Phi) is 4.43. The summed E-state index contributed by atoms with van der Waals surface area (Å²) in [7, 11) is 0. The minimum Gasteiger partial charge on any atom is -0.341 e. The molecule has 0 aliphatic carbocycles. The molecule has 2 aliphatic rings. The molecular weight excluding hydrogens is 346 g/mol. The lowest BCUT2D eigenvalue weighted by atomic mass is 10.0. The molecule has 0 radical (unpaired) electrons. The molecule has 0 N–H and O–H groups in total. The third kappa shape index (κ3) is 3.11. The smallest absolute Gasteiger partial charge is 0.227 e. The number of hydrogen-bond acceptors (Lipinski definition) is 5. The zero-order valence-corrected chi connectivity index (χ0v) is 16.3. The van der Waals surface area contributed by atoms with Crippen LogP contribution in [0.5, 0.6) is 0 Å². The first-order chi connectivity index (χ1) is 13.8. The summed E-state index contributed by atoms with van der Waals surface area (Å²) in [6.07, 6.45) is 8.42. The average Bonchev–Trinajstić information content (AvgIpc) is 3.18. The summed E-state index contributed by atoms with van der Waals surface area (Å²) in [5, 5.41) is 0. The van der Waals surface area contributed by atoms with Crippen LogP contribution in [0.2, 0.25) is 0 Å². The van der Waals surface area contributed by atoms with Gasteiger partial charge < -0.3 is 9.80 Å². The third-order valence-electron chi connectivity index (χ3n) is 5.70. The van der Waals surface area contributed by atoms with Gasteiger partial charge in [-0.2, -0.15) is 4.98 Å². The lowest BCUT2D eigenvalue weighted by molar-refractivity contribution is 0.568. The van der Waals surface area contributed by atoms with Crippen LogP contribution in [0.25, 0.3) is 11.3 Å². The molecule has 0 saturated carbocycles. The highest BCUT2D eigenvalue weighted by Gasteiger charge is 2.29. The molecule has 5 rings (SSSR count). The van der Waals surface area contributed by atoms with Crippen molar-refractivity contribution < 1.29 is 0 Å². The molecule has 5 nitrogen and oxygen atoms in total. The molecule has 0 atom stereocenters. The Labute approximate surface area is 166 Å². The zero-order chi connectivity index (χ0) is 18.9. The van der Waals surface area contributed by atoms with E-state index in [9.17, 15) is 0 Å². The summed E-state index contributed by atoms with van der Waals surface area (Å²) in [6.45, 7) is 5.13. The Morgan fingerprint density at radius 3 is 2.61 bits per heavy atom. The second kappa shape index (κ2) is 7.23. The van der Waals surface area contributed by atoms with E-state index < -0.39 is 0 Å². The fourth-order valence-corrected chi connectivity index (χ4v) is 4.27. The maximum atomic E-state index is 5.08. The number of piperidine rings is 1. The fraction of sp³-hybridized carbons (Fsp3) is 0.348. The summed E-state index contributed by atoms with van der Waals surface area (Å²) in [5.74, 6) is 1.91. The van der Waals surface area contributed by atoms with Crippen LogP contribution in [-0.4, -0.2) is 34.6 Å². The Balaban J connectivity index is 1.66. The van der Waals surface area contributed by atoms with Gasteiger partial charge in [0.05, 0.1) is 17.6 Å². The van der Waals surface area contributed by atoms with Gasteiger partial charge in [-0.3, -0.25) is 4.98 Å². The second-order valence-electron chi connectivity index (χ2n) is 7.70. The van der Waals surface area contributed by atoms with Crippen LogP contribution >= 0.6 is 0 Å². The van der Waals surface area contributed by atoms with Gasteiger partial charge in [-0.05, 0) is 50.8 Å². The van der Waals surface area contributed by atoms with Gasteiger partial charge in [0.1, 0.15) is 5.82 Å². The first kappa shape index (κ1) is 17.2. The Morgan fingerprint density at radius 2 is 1.82 bits per heavy atom. The van der Waals surface area contributed by atoms with Gasteiger partial charge in [0, 0.05) is 37.0 Å². The molecule has 2 aliphatic heterocycles. The van der Waals surface area contributed by atoms with E-state index >= 15 is 0 Å². The summed E-state index contributed by atoms with van der Waals surface area (Å²) in [4.78, 5) is 19.1. The van der Waals surface area contributed by atoms with Crippen molar-refractivity contribution >= 4 is 17.5 Å². The van der Waals surface area contributed by atoms with E-state index in [1.165, 1.54) is 36.0 Å². The highest BCUT2D eigenvalue weighted by Crippen LogP contribution is 2.39. The largest absolute Gasteiger partial charge is 0.341 e. The number of fused-ring (bicyclic) bond motifs is 1. The maximum absolute atomic E-state index is 5.08. The first-order valence-electron chi connectivity index (χ1n) is 10.2. The van der Waals surface area contributed by atoms with Gasteiger partial charge in [-0.1, -0.05) is 23.8 Å². The molecule has 2 aromatic heterocycles. The number of aromatic nitrogens is 3. The minimum absolute atomic E-state index is 0.866. The molecule has 1 aromatic carbocycles. The summed E-state index contributed by atoms with van der Waals surface area (Å²) < 4.78 is 0. The van der Waals surface area contributed by atoms with Crippen molar-refractivity contribution in [1.82, 2.24) is 15.0 Å². The Bertz CT molecular complexity index is 980. The van der Waals surface area contributed by atoms with Crippen LogP contribution in [0.1, 0.15) is 30.4 Å². The maximum Gasteiger partial charge on any atom is 0.227 e. The Morgan fingerprint density at radius 1 is 0.929 bits per heavy atom. The van der Waals surface area contributed by atoms with Gasteiger partial charge in [-0.25, -0.2) is 4.98 Å². The number of nitrogens with zero attached hydrogens (tertiary/aromatic N) is 5. The van der Waals surface area contributed by atoms with Crippen molar-refractivity contribution in [2.45, 2.75) is 32.6 Å². The van der Waals surface area contributed by atoms with Crippen molar-refractivity contribution in [2.75, 3.05) is 29.4 Å². The third-order valence-corrected chi connectivity index (χ3v) is 5.70. The van der Waals surface area contributed by atoms with Crippen LogP contribution in [-0.2, 0) is 6.42 Å². The topological polar surface area (TPSA) is 45.2 Å². The molecule has 0 bridgehead atoms. The van der Waals surface area contributed by atoms with Gasteiger partial charge >= 0.3 is 0 Å². The molecule has 0 amide bonds. The normalized spacial score (nSPS) is 16.3. The highest BCUT2D eigenvalue weighted by molar-refractivity contribution is 5.77. The van der Waals surface area contributed by atoms with Gasteiger partial charge in [-0.15, -0.1) is 0 Å². The average molecular weight is 371 g/mol. The van der Waals surface area contributed by atoms with Crippen molar-refractivity contribution in [2.24, 2.45) is 0 Å². The summed E-state index contributed by atoms with van der Waals surface area (Å²) in [6, 6.07) is 12.8. The van der Waals surface area contributed by atoms with E-state index in [1.54, 1.807) is 0 Å². The van der Waals surface area contributed by atoms with E-state index in [2.05, 4.69) is 52.0 Å². The second-order valence-corrected chi connectivity index (χ2v) is 7.70. The van der Waals surface area contributed by atoms with Gasteiger partial charge in [0.15, 0.2) is 0 Å². The quantitative estimate of drug-likeness (QED) is 0.677. The van der Waals surface area contributed by atoms with Crippen LogP contribution in [0.15, 0.2) is 48.8 Å². The molecule has 28 heavy (non-hydrogen) atoms. The number of aryl methyl sites for hydroxylation is 1. The molecule has 142 valence electrons. The number of rotatable bonds is 3. The molecule has 3 aromatic rings. The minimum atomic E-state index is 0.866. The number of pyridine rings is 1.